The van der Waals surface area contributed by atoms with Gasteiger partial charge in [-0.1, -0.05) is 12.1 Å². The Bertz CT molecular complexity index is 643. The molecule has 0 bridgehead atoms. The van der Waals surface area contributed by atoms with Gasteiger partial charge in [-0.3, -0.25) is 9.88 Å². The van der Waals surface area contributed by atoms with Gasteiger partial charge in [0.2, 0.25) is 0 Å². The molecule has 104 valence electrons. The zero-order chi connectivity index (χ0) is 14.1. The van der Waals surface area contributed by atoms with Gasteiger partial charge in [0.15, 0.2) is 0 Å². The van der Waals surface area contributed by atoms with E-state index in [0.29, 0.717) is 0 Å². The number of nitrogens with zero attached hydrogens (tertiary/aromatic N) is 2. The molecule has 0 spiro atoms. The molecule has 3 rings (SSSR count). The summed E-state index contributed by atoms with van der Waals surface area (Å²) in [5, 5.41) is 0. The highest BCUT2D eigenvalue weighted by Crippen LogP contribution is 2.27. The lowest BCUT2D eigenvalue weighted by molar-refractivity contribution is 0.243. The molecule has 0 atom stereocenters. The molecule has 0 amide bonds. The lowest BCUT2D eigenvalue weighted by Crippen LogP contribution is -2.31. The molecule has 2 heterocycles. The fraction of sp³-hybridized carbons (Fsp3) is 0.267. The van der Waals surface area contributed by atoms with E-state index < -0.39 is 0 Å². The summed E-state index contributed by atoms with van der Waals surface area (Å²) in [5.74, 6) is 0. The van der Waals surface area contributed by atoms with Crippen molar-refractivity contribution in [1.82, 2.24) is 9.88 Å². The van der Waals surface area contributed by atoms with Crippen LogP contribution in [0.25, 0.3) is 0 Å². The average Bonchev–Trinajstić information content (AvgIpc) is 2.43. The van der Waals surface area contributed by atoms with Crippen LogP contribution in [0, 0.1) is 0 Å². The van der Waals surface area contributed by atoms with E-state index in [0.717, 1.165) is 46.4 Å². The van der Waals surface area contributed by atoms with E-state index in [-0.39, 0.29) is 0 Å². The van der Waals surface area contributed by atoms with Gasteiger partial charge < -0.3 is 5.73 Å². The van der Waals surface area contributed by atoms with E-state index in [4.69, 9.17) is 5.73 Å². The Kier molecular flexibility index (Phi) is 4.10. The second kappa shape index (κ2) is 5.84. The van der Waals surface area contributed by atoms with E-state index in [9.17, 15) is 0 Å². The van der Waals surface area contributed by atoms with Gasteiger partial charge >= 0.3 is 0 Å². The van der Waals surface area contributed by atoms with Crippen molar-refractivity contribution in [2.24, 2.45) is 0 Å². The minimum Gasteiger partial charge on any atom is -0.398 e. The average molecular weight is 397 g/mol. The Morgan fingerprint density at radius 2 is 2.15 bits per heavy atom. The van der Waals surface area contributed by atoms with Crippen LogP contribution in [0.15, 0.2) is 39.4 Å². The van der Waals surface area contributed by atoms with Crippen LogP contribution in [-0.4, -0.2) is 16.4 Å². The van der Waals surface area contributed by atoms with Gasteiger partial charge in [0.05, 0.1) is 5.69 Å². The molecule has 2 aromatic rings. The Morgan fingerprint density at radius 3 is 2.95 bits per heavy atom. The molecule has 3 nitrogen and oxygen atoms in total. The molecule has 0 unspecified atom stereocenters. The second-order valence-electron chi connectivity index (χ2n) is 5.03. The van der Waals surface area contributed by atoms with Crippen LogP contribution in [0.3, 0.4) is 0 Å². The van der Waals surface area contributed by atoms with Gasteiger partial charge in [-0.2, -0.15) is 0 Å². The highest BCUT2D eigenvalue weighted by molar-refractivity contribution is 9.11. The Labute approximate surface area is 135 Å². The monoisotopic (exact) mass is 395 g/mol. The normalized spacial score (nSPS) is 15.1. The third-order valence-electron chi connectivity index (χ3n) is 3.65. The Hall–Kier alpha value is -0.910. The second-order valence-corrected chi connectivity index (χ2v) is 6.80. The number of halogens is 2. The number of nitrogens with two attached hydrogens (primary N) is 1. The standard InChI is InChI=1S/C15H15Br2N3/c16-11-6-13(17)15(19-7-11)9-20-5-4-10-2-1-3-14(18)12(10)8-20/h1-3,6-7H,4-5,8-9,18H2. The third kappa shape index (κ3) is 2.90. The molecule has 1 aliphatic heterocycles. The number of hydrogen-bond donors (Lipinski definition) is 1. The predicted octanol–water partition coefficient (Wildman–Crippen LogP) is 3.75. The molecule has 20 heavy (non-hydrogen) atoms. The summed E-state index contributed by atoms with van der Waals surface area (Å²) in [7, 11) is 0. The van der Waals surface area contributed by atoms with Crippen LogP contribution in [-0.2, 0) is 19.5 Å². The van der Waals surface area contributed by atoms with Crippen molar-refractivity contribution in [3.8, 4) is 0 Å². The number of rotatable bonds is 2. The first kappa shape index (κ1) is 14.0. The van der Waals surface area contributed by atoms with Gasteiger partial charge in [-0.05, 0) is 61.5 Å². The molecule has 1 aromatic carbocycles. The molecule has 1 aromatic heterocycles. The van der Waals surface area contributed by atoms with E-state index >= 15 is 0 Å². The summed E-state index contributed by atoms with van der Waals surface area (Å²) in [6, 6.07) is 8.23. The summed E-state index contributed by atoms with van der Waals surface area (Å²) in [6.45, 7) is 2.77. The molecular weight excluding hydrogens is 382 g/mol. The summed E-state index contributed by atoms with van der Waals surface area (Å²) < 4.78 is 2.03. The van der Waals surface area contributed by atoms with Gasteiger partial charge in [0, 0.05) is 40.5 Å². The van der Waals surface area contributed by atoms with Gasteiger partial charge in [0.25, 0.3) is 0 Å². The molecule has 2 N–H and O–H groups in total. The van der Waals surface area contributed by atoms with Crippen LogP contribution in [0.5, 0.6) is 0 Å². The topological polar surface area (TPSA) is 42.1 Å². The number of hydrogen-bond acceptors (Lipinski definition) is 3. The minimum atomic E-state index is 0.835. The maximum Gasteiger partial charge on any atom is 0.0686 e. The molecule has 0 fully saturated rings. The van der Waals surface area contributed by atoms with Crippen LogP contribution in [0.2, 0.25) is 0 Å². The highest BCUT2D eigenvalue weighted by Gasteiger charge is 2.19. The molecule has 5 heteroatoms. The summed E-state index contributed by atoms with van der Waals surface area (Å²) in [5.41, 5.74) is 10.7. The number of anilines is 1. The van der Waals surface area contributed by atoms with Gasteiger partial charge in [-0.25, -0.2) is 0 Å². The van der Waals surface area contributed by atoms with E-state index in [1.165, 1.54) is 11.1 Å². The Morgan fingerprint density at radius 1 is 1.30 bits per heavy atom. The van der Waals surface area contributed by atoms with Gasteiger partial charge in [-0.15, -0.1) is 0 Å². The smallest absolute Gasteiger partial charge is 0.0686 e. The lowest BCUT2D eigenvalue weighted by atomic mass is 9.98. The van der Waals surface area contributed by atoms with E-state index in [1.807, 2.05) is 24.4 Å². The van der Waals surface area contributed by atoms with Crippen molar-refractivity contribution in [1.29, 1.82) is 0 Å². The first-order chi connectivity index (χ1) is 9.63. The third-order valence-corrected chi connectivity index (χ3v) is 4.77. The van der Waals surface area contributed by atoms with Crippen LogP contribution in [0.1, 0.15) is 16.8 Å². The van der Waals surface area contributed by atoms with Crippen LogP contribution >= 0.6 is 31.9 Å². The largest absolute Gasteiger partial charge is 0.398 e. The quantitative estimate of drug-likeness (QED) is 0.786. The number of benzene rings is 1. The summed E-state index contributed by atoms with van der Waals surface area (Å²) >= 11 is 7.01. The van der Waals surface area contributed by atoms with Crippen molar-refractivity contribution < 1.29 is 0 Å². The number of fused-ring (bicyclic) bond motifs is 1. The van der Waals surface area contributed by atoms with E-state index in [2.05, 4.69) is 47.8 Å². The SMILES string of the molecule is Nc1cccc2c1CN(Cc1ncc(Br)cc1Br)CC2. The first-order valence-electron chi connectivity index (χ1n) is 6.52. The molecule has 0 saturated carbocycles. The zero-order valence-electron chi connectivity index (χ0n) is 10.9. The van der Waals surface area contributed by atoms with Gasteiger partial charge in [0.1, 0.15) is 0 Å². The maximum atomic E-state index is 6.09. The van der Waals surface area contributed by atoms with E-state index in [1.54, 1.807) is 0 Å². The summed E-state index contributed by atoms with van der Waals surface area (Å²) in [4.78, 5) is 6.87. The van der Waals surface area contributed by atoms with Crippen molar-refractivity contribution in [3.05, 3.63) is 56.2 Å². The lowest BCUT2D eigenvalue weighted by Gasteiger charge is -2.29. The predicted molar refractivity (Wildman–Crippen MR) is 88.3 cm³/mol. The zero-order valence-corrected chi connectivity index (χ0v) is 14.1. The number of nitrogen functional groups attached to an aromatic ring is 1. The van der Waals surface area contributed by atoms with Crippen molar-refractivity contribution in [2.45, 2.75) is 19.5 Å². The molecule has 0 radical (unpaired) electrons. The molecule has 0 aliphatic carbocycles. The number of aromatic nitrogens is 1. The fourth-order valence-electron chi connectivity index (χ4n) is 2.57. The number of pyridine rings is 1. The first-order valence-corrected chi connectivity index (χ1v) is 8.10. The maximum absolute atomic E-state index is 6.09. The van der Waals surface area contributed by atoms with Crippen molar-refractivity contribution in [2.75, 3.05) is 12.3 Å². The molecule has 0 saturated heterocycles. The highest BCUT2D eigenvalue weighted by atomic mass is 79.9. The summed E-state index contributed by atoms with van der Waals surface area (Å²) in [6.07, 6.45) is 2.89. The molecule has 1 aliphatic rings. The minimum absolute atomic E-state index is 0.835. The van der Waals surface area contributed by atoms with Crippen molar-refractivity contribution >= 4 is 37.5 Å². The molecular formula is C15H15Br2N3. The fourth-order valence-corrected chi connectivity index (χ4v) is 3.68. The van der Waals surface area contributed by atoms with Crippen LogP contribution in [0.4, 0.5) is 5.69 Å². The van der Waals surface area contributed by atoms with Crippen LogP contribution < -0.4 is 5.73 Å². The Balaban J connectivity index is 1.79. The van der Waals surface area contributed by atoms with Crippen molar-refractivity contribution in [3.63, 3.8) is 0 Å².